The Bertz CT molecular complexity index is 407. The van der Waals surface area contributed by atoms with Crippen molar-refractivity contribution < 1.29 is 0 Å². The molecule has 0 unspecified atom stereocenters. The summed E-state index contributed by atoms with van der Waals surface area (Å²) in [6, 6.07) is 0. The van der Waals surface area contributed by atoms with Crippen LogP contribution in [0.2, 0.25) is 0 Å². The van der Waals surface area contributed by atoms with Gasteiger partial charge < -0.3 is 4.98 Å². The highest BCUT2D eigenvalue weighted by Gasteiger charge is 2.13. The van der Waals surface area contributed by atoms with Crippen LogP contribution in [0.1, 0.15) is 11.3 Å². The largest absolute Gasteiger partial charge is 0.325 e. The van der Waals surface area contributed by atoms with Crippen LogP contribution in [-0.2, 0) is 12.2 Å². The zero-order chi connectivity index (χ0) is 8.55. The van der Waals surface area contributed by atoms with Gasteiger partial charge >= 0.3 is 5.69 Å². The maximum atomic E-state index is 11.2. The molecule has 0 aliphatic carbocycles. The highest BCUT2D eigenvalue weighted by molar-refractivity contribution is 7.98. The van der Waals surface area contributed by atoms with Gasteiger partial charge in [-0.3, -0.25) is 9.78 Å². The highest BCUT2D eigenvalue weighted by Crippen LogP contribution is 2.18. The van der Waals surface area contributed by atoms with E-state index < -0.39 is 5.69 Å². The van der Waals surface area contributed by atoms with Gasteiger partial charge in [0, 0.05) is 17.0 Å². The van der Waals surface area contributed by atoms with E-state index in [2.05, 4.69) is 9.97 Å². The topological polar surface area (TPSA) is 65.7 Å². The third kappa shape index (κ3) is 1.20. The minimum atomic E-state index is -0.398. The number of H-pyrrole nitrogens is 2. The van der Waals surface area contributed by atoms with Gasteiger partial charge in [0.1, 0.15) is 0 Å². The molecule has 5 heteroatoms. The number of aromatic amines is 2. The minimum Gasteiger partial charge on any atom is -0.311 e. The second kappa shape index (κ2) is 2.82. The van der Waals surface area contributed by atoms with Crippen molar-refractivity contribution in [3.63, 3.8) is 0 Å². The molecule has 1 aliphatic rings. The van der Waals surface area contributed by atoms with Crippen molar-refractivity contribution in [2.75, 3.05) is 5.75 Å². The molecule has 0 fully saturated rings. The first-order valence-corrected chi connectivity index (χ1v) is 4.85. The van der Waals surface area contributed by atoms with E-state index in [4.69, 9.17) is 0 Å². The van der Waals surface area contributed by atoms with Crippen LogP contribution in [0.4, 0.5) is 0 Å². The monoisotopic (exact) mass is 184 g/mol. The molecule has 1 aromatic heterocycles. The average Bonchev–Trinajstić information content (AvgIpc) is 2.04. The molecule has 0 saturated carbocycles. The van der Waals surface area contributed by atoms with Crippen molar-refractivity contribution in [1.82, 2.24) is 9.97 Å². The number of fused-ring (bicyclic) bond motifs is 1. The van der Waals surface area contributed by atoms with Crippen LogP contribution in [0.3, 0.4) is 0 Å². The molecular formula is C7H8N2O2S. The summed E-state index contributed by atoms with van der Waals surface area (Å²) < 4.78 is 0. The van der Waals surface area contributed by atoms with E-state index in [9.17, 15) is 9.59 Å². The van der Waals surface area contributed by atoms with Gasteiger partial charge in [-0.2, -0.15) is 11.8 Å². The summed E-state index contributed by atoms with van der Waals surface area (Å²) >= 11 is 1.72. The first-order valence-electron chi connectivity index (χ1n) is 3.69. The third-order valence-electron chi connectivity index (χ3n) is 1.87. The Morgan fingerprint density at radius 2 is 2.08 bits per heavy atom. The van der Waals surface area contributed by atoms with Crippen molar-refractivity contribution in [2.24, 2.45) is 0 Å². The SMILES string of the molecule is O=c1[nH]c2c(c(=O)[nH]1)CSCC2. The molecule has 0 bridgehead atoms. The van der Waals surface area contributed by atoms with Gasteiger partial charge in [-0.15, -0.1) is 0 Å². The van der Waals surface area contributed by atoms with Gasteiger partial charge in [0.05, 0.1) is 0 Å². The van der Waals surface area contributed by atoms with E-state index >= 15 is 0 Å². The number of thioether (sulfide) groups is 1. The van der Waals surface area contributed by atoms with Crippen LogP contribution >= 0.6 is 11.8 Å². The fraction of sp³-hybridized carbons (Fsp3) is 0.429. The van der Waals surface area contributed by atoms with Crippen LogP contribution < -0.4 is 11.2 Å². The molecule has 12 heavy (non-hydrogen) atoms. The lowest BCUT2D eigenvalue weighted by atomic mass is 10.2. The lowest BCUT2D eigenvalue weighted by Crippen LogP contribution is -2.29. The maximum absolute atomic E-state index is 11.2. The lowest BCUT2D eigenvalue weighted by molar-refractivity contribution is 0.895. The summed E-state index contributed by atoms with van der Waals surface area (Å²) in [6.07, 6.45) is 0.791. The van der Waals surface area contributed by atoms with Crippen molar-refractivity contribution in [3.8, 4) is 0 Å². The Labute approximate surface area is 72.4 Å². The van der Waals surface area contributed by atoms with E-state index in [0.717, 1.165) is 23.4 Å². The lowest BCUT2D eigenvalue weighted by Gasteiger charge is -2.12. The van der Waals surface area contributed by atoms with Crippen LogP contribution in [0.25, 0.3) is 0 Å². The van der Waals surface area contributed by atoms with E-state index in [1.165, 1.54) is 0 Å². The summed E-state index contributed by atoms with van der Waals surface area (Å²) in [6.45, 7) is 0. The zero-order valence-corrected chi connectivity index (χ0v) is 7.16. The van der Waals surface area contributed by atoms with Gasteiger partial charge in [0.15, 0.2) is 0 Å². The molecule has 0 radical (unpaired) electrons. The van der Waals surface area contributed by atoms with Crippen molar-refractivity contribution in [2.45, 2.75) is 12.2 Å². The molecule has 2 rings (SSSR count). The standard InChI is InChI=1S/C7H8N2O2S/c10-6-4-3-12-2-1-5(4)8-7(11)9-6/h1-3H2,(H2,8,9,10,11). The molecule has 0 saturated heterocycles. The first-order chi connectivity index (χ1) is 5.77. The van der Waals surface area contributed by atoms with Gasteiger partial charge in [-0.05, 0) is 12.2 Å². The number of hydrogen-bond donors (Lipinski definition) is 2. The molecule has 4 nitrogen and oxygen atoms in total. The van der Waals surface area contributed by atoms with E-state index in [1.54, 1.807) is 11.8 Å². The first kappa shape index (κ1) is 7.67. The fourth-order valence-electron chi connectivity index (χ4n) is 1.27. The Kier molecular flexibility index (Phi) is 1.80. The van der Waals surface area contributed by atoms with Crippen molar-refractivity contribution in [1.29, 1.82) is 0 Å². The number of nitrogens with one attached hydrogen (secondary N) is 2. The summed E-state index contributed by atoms with van der Waals surface area (Å²) in [5.41, 5.74) is 0.903. The Hall–Kier alpha value is -0.970. The summed E-state index contributed by atoms with van der Waals surface area (Å²) in [5, 5.41) is 0. The molecule has 1 aliphatic heterocycles. The second-order valence-corrected chi connectivity index (χ2v) is 3.77. The average molecular weight is 184 g/mol. The van der Waals surface area contributed by atoms with E-state index in [0.29, 0.717) is 5.75 Å². The number of hydrogen-bond acceptors (Lipinski definition) is 3. The second-order valence-electron chi connectivity index (χ2n) is 2.67. The number of rotatable bonds is 0. The molecule has 0 spiro atoms. The molecular weight excluding hydrogens is 176 g/mol. The van der Waals surface area contributed by atoms with Crippen LogP contribution in [-0.4, -0.2) is 15.7 Å². The summed E-state index contributed by atoms with van der Waals surface area (Å²) in [7, 11) is 0. The molecule has 0 aromatic carbocycles. The van der Waals surface area contributed by atoms with Crippen molar-refractivity contribution in [3.05, 3.63) is 32.1 Å². The zero-order valence-electron chi connectivity index (χ0n) is 6.35. The van der Waals surface area contributed by atoms with Gasteiger partial charge in [-0.25, -0.2) is 4.79 Å². The van der Waals surface area contributed by atoms with Gasteiger partial charge in [0.2, 0.25) is 0 Å². The van der Waals surface area contributed by atoms with Crippen molar-refractivity contribution >= 4 is 11.8 Å². The number of aromatic nitrogens is 2. The third-order valence-corrected chi connectivity index (χ3v) is 2.86. The van der Waals surface area contributed by atoms with Crippen LogP contribution in [0, 0.1) is 0 Å². The molecule has 0 atom stereocenters. The summed E-state index contributed by atoms with van der Waals surface area (Å²) in [4.78, 5) is 26.9. The smallest absolute Gasteiger partial charge is 0.311 e. The van der Waals surface area contributed by atoms with Gasteiger partial charge in [-0.1, -0.05) is 0 Å². The van der Waals surface area contributed by atoms with Gasteiger partial charge in [0.25, 0.3) is 5.56 Å². The van der Waals surface area contributed by atoms with E-state index in [1.807, 2.05) is 0 Å². The van der Waals surface area contributed by atoms with Crippen LogP contribution in [0.5, 0.6) is 0 Å². The normalized spacial score (nSPS) is 15.7. The Balaban J connectivity index is 2.68. The van der Waals surface area contributed by atoms with E-state index in [-0.39, 0.29) is 5.56 Å². The quantitative estimate of drug-likeness (QED) is 0.589. The van der Waals surface area contributed by atoms with Crippen LogP contribution in [0.15, 0.2) is 9.59 Å². The maximum Gasteiger partial charge on any atom is 0.325 e. The molecule has 2 heterocycles. The Morgan fingerprint density at radius 1 is 1.25 bits per heavy atom. The molecule has 0 amide bonds. The minimum absolute atomic E-state index is 0.235. The predicted molar refractivity (Wildman–Crippen MR) is 47.5 cm³/mol. The predicted octanol–water partition coefficient (Wildman–Crippen LogP) is -0.148. The fourth-order valence-corrected chi connectivity index (χ4v) is 2.28. The molecule has 2 N–H and O–H groups in total. The highest BCUT2D eigenvalue weighted by atomic mass is 32.2. The molecule has 64 valence electrons. The molecule has 1 aromatic rings. The number of aryl methyl sites for hydroxylation is 1. The summed E-state index contributed by atoms with van der Waals surface area (Å²) in [5.74, 6) is 1.69. The Morgan fingerprint density at radius 3 is 2.92 bits per heavy atom.